The molecular formula is C59H49N. The van der Waals surface area contributed by atoms with E-state index in [4.69, 9.17) is 0 Å². The molecule has 11 rings (SSSR count). The van der Waals surface area contributed by atoms with E-state index in [1.807, 2.05) is 0 Å². The second-order valence-electron chi connectivity index (χ2n) is 17.2. The normalized spacial score (nSPS) is 14.5. The fourth-order valence-corrected chi connectivity index (χ4v) is 11.3. The van der Waals surface area contributed by atoms with Crippen molar-refractivity contribution in [3.63, 3.8) is 0 Å². The molecule has 0 heterocycles. The van der Waals surface area contributed by atoms with E-state index in [0.717, 1.165) is 49.2 Å². The van der Waals surface area contributed by atoms with Gasteiger partial charge >= 0.3 is 0 Å². The number of benzene rings is 9. The van der Waals surface area contributed by atoms with Crippen molar-refractivity contribution < 1.29 is 0 Å². The molecule has 0 spiro atoms. The monoisotopic (exact) mass is 771 g/mol. The highest BCUT2D eigenvalue weighted by molar-refractivity contribution is 6.10. The Morgan fingerprint density at radius 3 is 1.38 bits per heavy atom. The smallest absolute Gasteiger partial charge is 0.0461 e. The summed E-state index contributed by atoms with van der Waals surface area (Å²) in [5.41, 5.74) is 16.9. The molecule has 2 aliphatic rings. The second-order valence-corrected chi connectivity index (χ2v) is 17.2. The summed E-state index contributed by atoms with van der Waals surface area (Å²) in [7, 11) is 0. The van der Waals surface area contributed by atoms with Gasteiger partial charge < -0.3 is 4.90 Å². The predicted molar refractivity (Wildman–Crippen MR) is 254 cm³/mol. The van der Waals surface area contributed by atoms with E-state index in [1.165, 1.54) is 77.2 Å². The molecule has 9 aromatic carbocycles. The lowest BCUT2D eigenvalue weighted by Gasteiger charge is -2.45. The number of anilines is 3. The van der Waals surface area contributed by atoms with Crippen LogP contribution < -0.4 is 4.90 Å². The van der Waals surface area contributed by atoms with Crippen molar-refractivity contribution in [2.45, 2.75) is 56.8 Å². The summed E-state index contributed by atoms with van der Waals surface area (Å²) in [6.07, 6.45) is 5.16. The minimum Gasteiger partial charge on any atom is -0.311 e. The van der Waals surface area contributed by atoms with Gasteiger partial charge in [0, 0.05) is 27.9 Å². The molecular weight excluding hydrogens is 723 g/mol. The van der Waals surface area contributed by atoms with Gasteiger partial charge in [-0.25, -0.2) is 0 Å². The Hall–Kier alpha value is -6.70. The Kier molecular flexibility index (Phi) is 8.82. The number of rotatable bonds is 11. The van der Waals surface area contributed by atoms with Crippen LogP contribution in [0, 0.1) is 0 Å². The number of hydrogen-bond acceptors (Lipinski definition) is 1. The van der Waals surface area contributed by atoms with Gasteiger partial charge in [-0.1, -0.05) is 178 Å². The molecule has 0 N–H and O–H groups in total. The Balaban J connectivity index is 1.12. The molecule has 0 radical (unpaired) electrons. The minimum absolute atomic E-state index is 0.176. The third kappa shape index (κ3) is 5.75. The average molecular weight is 772 g/mol. The molecule has 0 aliphatic heterocycles. The number of fused-ring (bicyclic) bond motifs is 2. The number of nitrogens with zero attached hydrogens (tertiary/aromatic N) is 1. The largest absolute Gasteiger partial charge is 0.311 e. The standard InChI is InChI=1S/C59H49N/c1-3-33-58(4-2,47-27-29-51(30-28-47)60(49-21-13-7-14-22-49)50-23-15-8-16-24-50)56-52-31-25-41-34-54(52)57-55-35-42(26-32-53(55)56)40-59(57,39-41)48-37-45(43-17-9-5-10-18-43)36-46(38-48)44-19-11-6-12-20-44/h5-32,34-38H,3-4,33,39-40H2,1-2H3. The van der Waals surface area contributed by atoms with E-state index >= 15 is 0 Å². The van der Waals surface area contributed by atoms with Crippen molar-refractivity contribution >= 4 is 38.6 Å². The molecule has 0 fully saturated rings. The topological polar surface area (TPSA) is 3.24 Å². The van der Waals surface area contributed by atoms with Crippen molar-refractivity contribution in [2.24, 2.45) is 0 Å². The molecule has 0 aromatic heterocycles. The molecule has 1 heteroatoms. The van der Waals surface area contributed by atoms with Crippen molar-refractivity contribution in [3.05, 3.63) is 234 Å². The molecule has 1 atom stereocenters. The Labute approximate surface area is 354 Å². The summed E-state index contributed by atoms with van der Waals surface area (Å²) in [5.74, 6) is 0. The third-order valence-electron chi connectivity index (χ3n) is 13.9. The molecule has 9 aromatic rings. The Morgan fingerprint density at radius 2 is 0.917 bits per heavy atom. The highest BCUT2D eigenvalue weighted by atomic mass is 15.1. The van der Waals surface area contributed by atoms with Gasteiger partial charge in [0.2, 0.25) is 0 Å². The fourth-order valence-electron chi connectivity index (χ4n) is 11.3. The molecule has 0 amide bonds. The van der Waals surface area contributed by atoms with Crippen LogP contribution in [0.4, 0.5) is 17.1 Å². The van der Waals surface area contributed by atoms with Crippen LogP contribution in [0.15, 0.2) is 200 Å². The zero-order valence-electron chi connectivity index (χ0n) is 34.5. The highest BCUT2D eigenvalue weighted by Gasteiger charge is 2.45. The lowest BCUT2D eigenvalue weighted by molar-refractivity contribution is 0.456. The molecule has 1 nitrogen and oxygen atoms in total. The van der Waals surface area contributed by atoms with E-state index in [0.29, 0.717) is 0 Å². The molecule has 60 heavy (non-hydrogen) atoms. The molecule has 0 saturated carbocycles. The molecule has 1 unspecified atom stereocenters. The van der Waals surface area contributed by atoms with Crippen LogP contribution in [-0.4, -0.2) is 0 Å². The molecule has 4 bridgehead atoms. The van der Waals surface area contributed by atoms with Crippen molar-refractivity contribution in [1.29, 1.82) is 0 Å². The van der Waals surface area contributed by atoms with Crippen molar-refractivity contribution in [3.8, 4) is 22.3 Å². The summed E-state index contributed by atoms with van der Waals surface area (Å²) in [4.78, 5) is 2.37. The first-order valence-electron chi connectivity index (χ1n) is 21.9. The summed E-state index contributed by atoms with van der Waals surface area (Å²) < 4.78 is 0. The van der Waals surface area contributed by atoms with Crippen LogP contribution in [0.3, 0.4) is 0 Å². The lowest BCUT2D eigenvalue weighted by atomic mass is 9.57. The van der Waals surface area contributed by atoms with Gasteiger partial charge in [0.1, 0.15) is 0 Å². The van der Waals surface area contributed by atoms with Crippen LogP contribution in [0.25, 0.3) is 43.8 Å². The lowest BCUT2D eigenvalue weighted by Crippen LogP contribution is -2.38. The van der Waals surface area contributed by atoms with Gasteiger partial charge in [0.15, 0.2) is 0 Å². The third-order valence-corrected chi connectivity index (χ3v) is 13.9. The zero-order chi connectivity index (χ0) is 40.3. The minimum atomic E-state index is -0.176. The first kappa shape index (κ1) is 36.4. The van der Waals surface area contributed by atoms with E-state index in [9.17, 15) is 0 Å². The summed E-state index contributed by atoms with van der Waals surface area (Å²) in [6, 6.07) is 75.4. The van der Waals surface area contributed by atoms with Crippen LogP contribution in [-0.2, 0) is 23.7 Å². The van der Waals surface area contributed by atoms with E-state index in [-0.39, 0.29) is 10.8 Å². The van der Waals surface area contributed by atoms with Crippen LogP contribution in [0.2, 0.25) is 0 Å². The molecule has 2 aliphatic carbocycles. The SMILES string of the molecule is CCCC(CC)(c1ccc(N(c2ccccc2)c2ccccc2)cc1)c1c2ccc3cc2c2c4cc(ccc14)CC2(c1cc(-c2ccccc2)cc(-c2ccccc2)c1)C3. The van der Waals surface area contributed by atoms with Crippen LogP contribution in [0.1, 0.15) is 66.5 Å². The molecule has 0 saturated heterocycles. The highest BCUT2D eigenvalue weighted by Crippen LogP contribution is 2.56. The predicted octanol–water partition coefficient (Wildman–Crippen LogP) is 15.7. The molecule has 290 valence electrons. The van der Waals surface area contributed by atoms with Gasteiger partial charge in [-0.15, -0.1) is 0 Å². The van der Waals surface area contributed by atoms with Gasteiger partial charge in [0.05, 0.1) is 0 Å². The first-order valence-corrected chi connectivity index (χ1v) is 21.9. The summed E-state index contributed by atoms with van der Waals surface area (Å²) in [6.45, 7) is 4.78. The van der Waals surface area contributed by atoms with Crippen molar-refractivity contribution in [2.75, 3.05) is 4.90 Å². The number of hydrogen-bond donors (Lipinski definition) is 0. The zero-order valence-corrected chi connectivity index (χ0v) is 34.5. The second kappa shape index (κ2) is 14.5. The first-order chi connectivity index (χ1) is 29.6. The van der Waals surface area contributed by atoms with Crippen molar-refractivity contribution in [1.82, 2.24) is 0 Å². The summed E-state index contributed by atoms with van der Waals surface area (Å²) in [5, 5.41) is 5.71. The maximum absolute atomic E-state index is 2.55. The van der Waals surface area contributed by atoms with Gasteiger partial charge in [-0.2, -0.15) is 0 Å². The number of para-hydroxylation sites is 2. The van der Waals surface area contributed by atoms with Gasteiger partial charge in [-0.3, -0.25) is 0 Å². The van der Waals surface area contributed by atoms with Crippen LogP contribution >= 0.6 is 0 Å². The van der Waals surface area contributed by atoms with E-state index < -0.39 is 0 Å². The quantitative estimate of drug-likeness (QED) is 0.118. The fraction of sp³-hybridized carbons (Fsp3) is 0.153. The van der Waals surface area contributed by atoms with E-state index in [1.54, 1.807) is 0 Å². The average Bonchev–Trinajstić information content (AvgIpc) is 3.31. The Bertz CT molecular complexity index is 2840. The van der Waals surface area contributed by atoms with Crippen LogP contribution in [0.5, 0.6) is 0 Å². The van der Waals surface area contributed by atoms with Gasteiger partial charge in [-0.05, 0) is 145 Å². The maximum Gasteiger partial charge on any atom is 0.0461 e. The Morgan fingerprint density at radius 1 is 0.450 bits per heavy atom. The maximum atomic E-state index is 2.55. The van der Waals surface area contributed by atoms with E-state index in [2.05, 4.69) is 219 Å². The summed E-state index contributed by atoms with van der Waals surface area (Å²) >= 11 is 0. The van der Waals surface area contributed by atoms with Gasteiger partial charge in [0.25, 0.3) is 0 Å².